The Bertz CT molecular complexity index is 411. The van der Waals surface area contributed by atoms with Crippen LogP contribution in [0.15, 0.2) is 12.3 Å². The summed E-state index contributed by atoms with van der Waals surface area (Å²) in [5, 5.41) is 6.43. The highest BCUT2D eigenvalue weighted by Crippen LogP contribution is 2.03. The number of nitrogens with zero attached hydrogens (tertiary/aromatic N) is 2. The maximum Gasteiger partial charge on any atom is 0.279 e. The Labute approximate surface area is 94.0 Å². The molecule has 0 saturated carbocycles. The molecule has 1 aromatic heterocycles. The monoisotopic (exact) mass is 246 g/mol. The largest absolute Gasteiger partial charge is 0.379 e. The van der Waals surface area contributed by atoms with E-state index in [4.69, 9.17) is 4.74 Å². The number of aromatic nitrogens is 2. The van der Waals surface area contributed by atoms with E-state index in [-0.39, 0.29) is 6.54 Å². The average Bonchev–Trinajstić information content (AvgIpc) is 2.81. The Balaban J connectivity index is 1.91. The third-order valence-corrected chi connectivity index (χ3v) is 3.87. The molecule has 7 nitrogen and oxygen atoms in total. The molecule has 1 aliphatic heterocycles. The van der Waals surface area contributed by atoms with Crippen molar-refractivity contribution in [2.45, 2.75) is 6.54 Å². The number of morpholine rings is 1. The zero-order valence-corrected chi connectivity index (χ0v) is 9.53. The second kappa shape index (κ2) is 4.91. The van der Waals surface area contributed by atoms with E-state index < -0.39 is 10.2 Å². The van der Waals surface area contributed by atoms with E-state index in [9.17, 15) is 8.42 Å². The lowest BCUT2D eigenvalue weighted by Crippen LogP contribution is -2.46. The molecular weight excluding hydrogens is 232 g/mol. The average molecular weight is 246 g/mol. The Morgan fingerprint density at radius 1 is 1.50 bits per heavy atom. The second-order valence-corrected chi connectivity index (χ2v) is 5.17. The minimum atomic E-state index is -3.40. The van der Waals surface area contributed by atoms with Crippen molar-refractivity contribution in [1.29, 1.82) is 0 Å². The van der Waals surface area contributed by atoms with Crippen molar-refractivity contribution in [2.24, 2.45) is 0 Å². The van der Waals surface area contributed by atoms with Crippen LogP contribution < -0.4 is 4.72 Å². The maximum atomic E-state index is 11.8. The van der Waals surface area contributed by atoms with Gasteiger partial charge < -0.3 is 4.74 Å². The van der Waals surface area contributed by atoms with Gasteiger partial charge in [-0.25, -0.2) is 0 Å². The molecule has 8 heteroatoms. The molecule has 0 spiro atoms. The number of nitrogens with one attached hydrogen (secondary N) is 2. The summed E-state index contributed by atoms with van der Waals surface area (Å²) in [4.78, 5) is 0. The lowest BCUT2D eigenvalue weighted by atomic mass is 10.4. The molecule has 2 N–H and O–H groups in total. The Hall–Kier alpha value is -0.960. The standard InChI is InChI=1S/C8H14N4O3S/c13-16(14,12-3-5-15-6-4-12)10-7-8-1-2-9-11-8/h1-2,10H,3-7H2,(H,9,11). The lowest BCUT2D eigenvalue weighted by Gasteiger charge is -2.25. The molecule has 90 valence electrons. The first kappa shape index (κ1) is 11.5. The third kappa shape index (κ3) is 2.79. The fourth-order valence-corrected chi connectivity index (χ4v) is 2.58. The predicted molar refractivity (Wildman–Crippen MR) is 56.7 cm³/mol. The molecule has 1 fully saturated rings. The van der Waals surface area contributed by atoms with Crippen molar-refractivity contribution in [3.8, 4) is 0 Å². The zero-order chi connectivity index (χ0) is 11.4. The topological polar surface area (TPSA) is 87.3 Å². The number of ether oxygens (including phenoxy) is 1. The van der Waals surface area contributed by atoms with Gasteiger partial charge in [0.1, 0.15) is 0 Å². The van der Waals surface area contributed by atoms with Crippen LogP contribution in [0.2, 0.25) is 0 Å². The van der Waals surface area contributed by atoms with Crippen molar-refractivity contribution in [1.82, 2.24) is 19.2 Å². The summed E-state index contributed by atoms with van der Waals surface area (Å²) < 4.78 is 32.6. The van der Waals surface area contributed by atoms with Crippen molar-refractivity contribution < 1.29 is 13.2 Å². The van der Waals surface area contributed by atoms with Gasteiger partial charge in [0.25, 0.3) is 10.2 Å². The zero-order valence-electron chi connectivity index (χ0n) is 8.72. The van der Waals surface area contributed by atoms with Crippen LogP contribution in [-0.4, -0.2) is 49.2 Å². The summed E-state index contributed by atoms with van der Waals surface area (Å²) >= 11 is 0. The van der Waals surface area contributed by atoms with Crippen molar-refractivity contribution in [3.05, 3.63) is 18.0 Å². The number of rotatable bonds is 4. The normalized spacial score (nSPS) is 18.8. The van der Waals surface area contributed by atoms with Gasteiger partial charge in [0.2, 0.25) is 0 Å². The third-order valence-electron chi connectivity index (χ3n) is 2.31. The number of hydrogen-bond donors (Lipinski definition) is 2. The summed E-state index contributed by atoms with van der Waals surface area (Å²) in [6.07, 6.45) is 1.58. The molecule has 2 rings (SSSR count). The van der Waals surface area contributed by atoms with Crippen molar-refractivity contribution in [2.75, 3.05) is 26.3 Å². The minimum absolute atomic E-state index is 0.222. The molecule has 16 heavy (non-hydrogen) atoms. The van der Waals surface area contributed by atoms with Gasteiger partial charge in [0.05, 0.1) is 25.5 Å². The first-order valence-corrected chi connectivity index (χ1v) is 6.43. The molecule has 0 aliphatic carbocycles. The van der Waals surface area contributed by atoms with Crippen molar-refractivity contribution in [3.63, 3.8) is 0 Å². The minimum Gasteiger partial charge on any atom is -0.379 e. The molecule has 1 saturated heterocycles. The molecule has 0 aromatic carbocycles. The summed E-state index contributed by atoms with van der Waals surface area (Å²) in [7, 11) is -3.40. The molecule has 0 atom stereocenters. The van der Waals surface area contributed by atoms with Crippen LogP contribution in [0.5, 0.6) is 0 Å². The molecular formula is C8H14N4O3S. The van der Waals surface area contributed by atoms with Gasteiger partial charge in [0, 0.05) is 19.3 Å². The highest BCUT2D eigenvalue weighted by atomic mass is 32.2. The van der Waals surface area contributed by atoms with E-state index >= 15 is 0 Å². The predicted octanol–water partition coefficient (Wildman–Crippen LogP) is -0.924. The number of H-pyrrole nitrogens is 1. The Morgan fingerprint density at radius 2 is 2.25 bits per heavy atom. The van der Waals surface area contributed by atoms with Crippen LogP contribution in [0.1, 0.15) is 5.69 Å². The van der Waals surface area contributed by atoms with Crippen LogP contribution in [0.3, 0.4) is 0 Å². The number of aromatic amines is 1. The molecule has 1 aliphatic rings. The summed E-state index contributed by atoms with van der Waals surface area (Å²) in [5.41, 5.74) is 0.733. The number of hydrogen-bond acceptors (Lipinski definition) is 4. The second-order valence-electron chi connectivity index (χ2n) is 3.42. The van der Waals surface area contributed by atoms with E-state index in [0.29, 0.717) is 26.3 Å². The Kier molecular flexibility index (Phi) is 3.54. The SMILES string of the molecule is O=S(=O)(NCc1ccn[nH]1)N1CCOCC1. The molecule has 1 aromatic rings. The molecule has 2 heterocycles. The van der Waals surface area contributed by atoms with Crippen LogP contribution in [0.25, 0.3) is 0 Å². The quantitative estimate of drug-likeness (QED) is 0.719. The lowest BCUT2D eigenvalue weighted by molar-refractivity contribution is 0.0724. The van der Waals surface area contributed by atoms with Gasteiger partial charge in [-0.05, 0) is 6.07 Å². The molecule has 0 radical (unpaired) electrons. The first-order chi connectivity index (χ1) is 7.68. The summed E-state index contributed by atoms with van der Waals surface area (Å²) in [6, 6.07) is 1.72. The maximum absolute atomic E-state index is 11.8. The van der Waals surface area contributed by atoms with Crippen LogP contribution in [0, 0.1) is 0 Å². The fourth-order valence-electron chi connectivity index (χ4n) is 1.43. The van der Waals surface area contributed by atoms with Crippen LogP contribution in [0.4, 0.5) is 0 Å². The van der Waals surface area contributed by atoms with Gasteiger partial charge in [-0.1, -0.05) is 0 Å². The highest BCUT2D eigenvalue weighted by molar-refractivity contribution is 7.87. The van der Waals surface area contributed by atoms with E-state index in [1.807, 2.05) is 0 Å². The summed E-state index contributed by atoms with van der Waals surface area (Å²) in [5.74, 6) is 0. The van der Waals surface area contributed by atoms with E-state index in [2.05, 4.69) is 14.9 Å². The van der Waals surface area contributed by atoms with Crippen LogP contribution in [-0.2, 0) is 21.5 Å². The van der Waals surface area contributed by atoms with E-state index in [1.54, 1.807) is 12.3 Å². The van der Waals surface area contributed by atoms with Gasteiger partial charge in [-0.15, -0.1) is 0 Å². The first-order valence-electron chi connectivity index (χ1n) is 4.99. The fraction of sp³-hybridized carbons (Fsp3) is 0.625. The smallest absolute Gasteiger partial charge is 0.279 e. The van der Waals surface area contributed by atoms with Crippen molar-refractivity contribution >= 4 is 10.2 Å². The molecule has 0 unspecified atom stereocenters. The van der Waals surface area contributed by atoms with Gasteiger partial charge >= 0.3 is 0 Å². The summed E-state index contributed by atoms with van der Waals surface area (Å²) in [6.45, 7) is 1.92. The van der Waals surface area contributed by atoms with E-state index in [0.717, 1.165) is 5.69 Å². The highest BCUT2D eigenvalue weighted by Gasteiger charge is 2.23. The Morgan fingerprint density at radius 3 is 2.88 bits per heavy atom. The van der Waals surface area contributed by atoms with Gasteiger partial charge in [0.15, 0.2) is 0 Å². The molecule has 0 amide bonds. The van der Waals surface area contributed by atoms with Gasteiger partial charge in [-0.3, -0.25) is 5.10 Å². The van der Waals surface area contributed by atoms with Gasteiger partial charge in [-0.2, -0.15) is 22.5 Å². The van der Waals surface area contributed by atoms with E-state index in [1.165, 1.54) is 4.31 Å². The molecule has 0 bridgehead atoms. The van der Waals surface area contributed by atoms with Crippen LogP contribution >= 0.6 is 0 Å².